The lowest BCUT2D eigenvalue weighted by atomic mass is 10.2. The first-order chi connectivity index (χ1) is 9.33. The monoisotopic (exact) mass is 298 g/mol. The average Bonchev–Trinajstić information content (AvgIpc) is 2.75. The summed E-state index contributed by atoms with van der Waals surface area (Å²) in [5, 5.41) is 3.64. The van der Waals surface area contributed by atoms with Gasteiger partial charge in [-0.15, -0.1) is 0 Å². The van der Waals surface area contributed by atoms with Gasteiger partial charge in [0.15, 0.2) is 0 Å². The van der Waals surface area contributed by atoms with Gasteiger partial charge in [-0.3, -0.25) is 0 Å². The lowest BCUT2D eigenvalue weighted by Gasteiger charge is -2.24. The van der Waals surface area contributed by atoms with E-state index in [1.807, 2.05) is 20.8 Å². The summed E-state index contributed by atoms with van der Waals surface area (Å²) >= 11 is 5.81. The van der Waals surface area contributed by atoms with Gasteiger partial charge in [0, 0.05) is 25.2 Å². The molecular formula is C13H19ClN4O2. The highest BCUT2D eigenvalue weighted by atomic mass is 35.5. The quantitative estimate of drug-likeness (QED) is 0.850. The fourth-order valence-corrected chi connectivity index (χ4v) is 2.14. The molecule has 1 aliphatic heterocycles. The Bertz CT molecular complexity index is 490. The molecule has 6 nitrogen and oxygen atoms in total. The molecule has 1 fully saturated rings. The molecule has 1 amide bonds. The Labute approximate surface area is 123 Å². The number of carbonyl (C=O) groups excluding carboxylic acids is 1. The minimum absolute atomic E-state index is 0.147. The van der Waals surface area contributed by atoms with Gasteiger partial charge in [-0.1, -0.05) is 11.6 Å². The van der Waals surface area contributed by atoms with E-state index < -0.39 is 5.60 Å². The molecule has 0 spiro atoms. The van der Waals surface area contributed by atoms with E-state index in [9.17, 15) is 4.79 Å². The van der Waals surface area contributed by atoms with Gasteiger partial charge >= 0.3 is 6.09 Å². The Balaban J connectivity index is 1.88. The standard InChI is InChI=1S/C13H19ClN4O2/c1-13(2,3)20-12(19)18-5-4-9(7-18)17-11-6-10(14)15-8-16-11/h6,8-9H,4-5,7H2,1-3H3,(H,15,16,17)/t9-/m0/s1. The fourth-order valence-electron chi connectivity index (χ4n) is 1.99. The van der Waals surface area contributed by atoms with Gasteiger partial charge in [-0.05, 0) is 27.2 Å². The summed E-state index contributed by atoms with van der Waals surface area (Å²) in [4.78, 5) is 21.6. The average molecular weight is 299 g/mol. The predicted molar refractivity (Wildman–Crippen MR) is 76.9 cm³/mol. The first kappa shape index (κ1) is 14.8. The zero-order chi connectivity index (χ0) is 14.8. The van der Waals surface area contributed by atoms with Crippen LogP contribution < -0.4 is 5.32 Å². The molecular weight excluding hydrogens is 280 g/mol. The molecule has 0 bridgehead atoms. The lowest BCUT2D eigenvalue weighted by Crippen LogP contribution is -2.36. The number of nitrogens with one attached hydrogen (secondary N) is 1. The highest BCUT2D eigenvalue weighted by Crippen LogP contribution is 2.18. The van der Waals surface area contributed by atoms with E-state index >= 15 is 0 Å². The molecule has 7 heteroatoms. The van der Waals surface area contributed by atoms with Crippen LogP contribution in [0.5, 0.6) is 0 Å². The van der Waals surface area contributed by atoms with E-state index in [1.165, 1.54) is 6.33 Å². The van der Waals surface area contributed by atoms with Gasteiger partial charge in [-0.25, -0.2) is 14.8 Å². The van der Waals surface area contributed by atoms with Crippen molar-refractivity contribution in [3.8, 4) is 0 Å². The Morgan fingerprint density at radius 1 is 1.50 bits per heavy atom. The predicted octanol–water partition coefficient (Wildman–Crippen LogP) is 2.55. The van der Waals surface area contributed by atoms with Crippen LogP contribution in [-0.4, -0.2) is 45.7 Å². The number of aromatic nitrogens is 2. The van der Waals surface area contributed by atoms with Crippen molar-refractivity contribution >= 4 is 23.5 Å². The van der Waals surface area contributed by atoms with E-state index in [4.69, 9.17) is 16.3 Å². The minimum atomic E-state index is -0.469. The maximum atomic E-state index is 11.9. The van der Waals surface area contributed by atoms with Gasteiger partial charge in [0.2, 0.25) is 0 Å². The molecule has 0 radical (unpaired) electrons. The molecule has 2 heterocycles. The maximum absolute atomic E-state index is 11.9. The first-order valence-electron chi connectivity index (χ1n) is 6.55. The van der Waals surface area contributed by atoms with Gasteiger partial charge in [0.1, 0.15) is 22.9 Å². The number of ether oxygens (including phenoxy) is 1. The van der Waals surface area contributed by atoms with Crippen molar-refractivity contribution in [3.63, 3.8) is 0 Å². The maximum Gasteiger partial charge on any atom is 0.410 e. The van der Waals surface area contributed by atoms with Crippen LogP contribution in [0.25, 0.3) is 0 Å². The van der Waals surface area contributed by atoms with Crippen molar-refractivity contribution < 1.29 is 9.53 Å². The highest BCUT2D eigenvalue weighted by molar-refractivity contribution is 6.29. The number of nitrogens with zero attached hydrogens (tertiary/aromatic N) is 3. The molecule has 0 aliphatic carbocycles. The third-order valence-corrected chi connectivity index (χ3v) is 3.03. The van der Waals surface area contributed by atoms with E-state index in [0.717, 1.165) is 6.42 Å². The molecule has 1 N–H and O–H groups in total. The second-order valence-electron chi connectivity index (χ2n) is 5.78. The number of likely N-dealkylation sites (tertiary alicyclic amines) is 1. The Hall–Kier alpha value is -1.56. The summed E-state index contributed by atoms with van der Waals surface area (Å²) in [5.74, 6) is 0.668. The Kier molecular flexibility index (Phi) is 4.32. The van der Waals surface area contributed by atoms with Crippen molar-refractivity contribution in [2.24, 2.45) is 0 Å². The summed E-state index contributed by atoms with van der Waals surface area (Å²) in [6.07, 6.45) is 1.98. The molecule has 1 saturated heterocycles. The SMILES string of the molecule is CC(C)(C)OC(=O)N1CC[C@H](Nc2cc(Cl)ncn2)C1. The molecule has 20 heavy (non-hydrogen) atoms. The van der Waals surface area contributed by atoms with E-state index in [2.05, 4.69) is 15.3 Å². The fraction of sp³-hybridized carbons (Fsp3) is 0.615. The second kappa shape index (κ2) is 5.83. The second-order valence-corrected chi connectivity index (χ2v) is 6.17. The number of hydrogen-bond acceptors (Lipinski definition) is 5. The van der Waals surface area contributed by atoms with Crippen LogP contribution in [0.15, 0.2) is 12.4 Å². The van der Waals surface area contributed by atoms with Crippen molar-refractivity contribution in [1.29, 1.82) is 0 Å². The van der Waals surface area contributed by atoms with Gasteiger partial charge in [0.05, 0.1) is 0 Å². The van der Waals surface area contributed by atoms with Crippen LogP contribution in [0.1, 0.15) is 27.2 Å². The van der Waals surface area contributed by atoms with Gasteiger partial charge < -0.3 is 15.0 Å². The van der Waals surface area contributed by atoms with Crippen LogP contribution in [0.3, 0.4) is 0 Å². The molecule has 1 atom stereocenters. The third kappa shape index (κ3) is 4.23. The summed E-state index contributed by atoms with van der Waals surface area (Å²) in [6, 6.07) is 1.81. The number of rotatable bonds is 2. The lowest BCUT2D eigenvalue weighted by molar-refractivity contribution is 0.0293. The topological polar surface area (TPSA) is 67.3 Å². The summed E-state index contributed by atoms with van der Waals surface area (Å²) in [6.45, 7) is 6.85. The summed E-state index contributed by atoms with van der Waals surface area (Å²) < 4.78 is 5.35. The first-order valence-corrected chi connectivity index (χ1v) is 6.93. The zero-order valence-electron chi connectivity index (χ0n) is 11.9. The van der Waals surface area contributed by atoms with Crippen LogP contribution in [0.4, 0.5) is 10.6 Å². The summed E-state index contributed by atoms with van der Waals surface area (Å²) in [5.41, 5.74) is -0.469. The van der Waals surface area contributed by atoms with Crippen molar-refractivity contribution in [3.05, 3.63) is 17.5 Å². The van der Waals surface area contributed by atoms with Crippen molar-refractivity contribution in [1.82, 2.24) is 14.9 Å². The molecule has 1 aromatic rings. The van der Waals surface area contributed by atoms with E-state index in [0.29, 0.717) is 24.1 Å². The van der Waals surface area contributed by atoms with E-state index in [1.54, 1.807) is 11.0 Å². The number of hydrogen-bond donors (Lipinski definition) is 1. The number of amides is 1. The number of halogens is 1. The van der Waals surface area contributed by atoms with Crippen LogP contribution in [0.2, 0.25) is 5.15 Å². The Morgan fingerprint density at radius 2 is 2.25 bits per heavy atom. The molecule has 0 aromatic carbocycles. The smallest absolute Gasteiger partial charge is 0.410 e. The molecule has 1 aliphatic rings. The third-order valence-electron chi connectivity index (χ3n) is 2.83. The number of carbonyl (C=O) groups is 1. The normalized spacial score (nSPS) is 19.0. The van der Waals surface area contributed by atoms with Crippen LogP contribution in [0, 0.1) is 0 Å². The van der Waals surface area contributed by atoms with Crippen molar-refractivity contribution in [2.75, 3.05) is 18.4 Å². The summed E-state index contributed by atoms with van der Waals surface area (Å²) in [7, 11) is 0. The van der Waals surface area contributed by atoms with E-state index in [-0.39, 0.29) is 12.1 Å². The largest absolute Gasteiger partial charge is 0.444 e. The molecule has 0 unspecified atom stereocenters. The zero-order valence-corrected chi connectivity index (χ0v) is 12.6. The molecule has 2 rings (SSSR count). The van der Waals surface area contributed by atoms with Gasteiger partial charge in [0.25, 0.3) is 0 Å². The highest BCUT2D eigenvalue weighted by Gasteiger charge is 2.29. The van der Waals surface area contributed by atoms with Crippen LogP contribution >= 0.6 is 11.6 Å². The van der Waals surface area contributed by atoms with Crippen LogP contribution in [-0.2, 0) is 4.74 Å². The molecule has 110 valence electrons. The Morgan fingerprint density at radius 3 is 2.90 bits per heavy atom. The van der Waals surface area contributed by atoms with Crippen molar-refractivity contribution in [2.45, 2.75) is 38.8 Å². The molecule has 0 saturated carbocycles. The van der Waals surface area contributed by atoms with Gasteiger partial charge in [-0.2, -0.15) is 0 Å². The molecule has 1 aromatic heterocycles. The minimum Gasteiger partial charge on any atom is -0.444 e. The number of anilines is 1.